The molecule has 0 aliphatic rings. The average molecular weight is 269 g/mol. The highest BCUT2D eigenvalue weighted by Crippen LogP contribution is 2.22. The number of aryl methyl sites for hydroxylation is 1. The molecule has 0 radical (unpaired) electrons. The van der Waals surface area contributed by atoms with Gasteiger partial charge in [0.15, 0.2) is 0 Å². The fourth-order valence-corrected chi connectivity index (χ4v) is 2.24. The number of hydrogen-bond acceptors (Lipinski definition) is 2. The second kappa shape index (κ2) is 6.58. The van der Waals surface area contributed by atoms with E-state index < -0.39 is 0 Å². The van der Waals surface area contributed by atoms with Crippen LogP contribution in [0.3, 0.4) is 0 Å². The van der Waals surface area contributed by atoms with E-state index in [9.17, 15) is 0 Å². The topological polar surface area (TPSA) is 35.2 Å². The zero-order valence-electron chi connectivity index (χ0n) is 12.5. The van der Waals surface area contributed by atoms with Gasteiger partial charge in [-0.05, 0) is 41.7 Å². The Morgan fingerprint density at radius 1 is 1.05 bits per heavy atom. The van der Waals surface area contributed by atoms with Crippen molar-refractivity contribution >= 4 is 0 Å². The summed E-state index contributed by atoms with van der Waals surface area (Å²) < 4.78 is 5.84. The van der Waals surface area contributed by atoms with Gasteiger partial charge in [0.05, 0.1) is 6.04 Å². The predicted molar refractivity (Wildman–Crippen MR) is 84.1 cm³/mol. The molecule has 2 N–H and O–H groups in total. The molecule has 0 saturated heterocycles. The quantitative estimate of drug-likeness (QED) is 0.883. The first-order valence-electron chi connectivity index (χ1n) is 7.12. The van der Waals surface area contributed by atoms with Gasteiger partial charge in [-0.2, -0.15) is 0 Å². The Morgan fingerprint density at radius 3 is 2.50 bits per heavy atom. The maximum absolute atomic E-state index is 6.22. The second-order valence-electron chi connectivity index (χ2n) is 5.50. The lowest BCUT2D eigenvalue weighted by molar-refractivity contribution is 0.290. The van der Waals surface area contributed by atoms with Gasteiger partial charge in [0.25, 0.3) is 0 Å². The third-order valence-electron chi connectivity index (χ3n) is 3.54. The summed E-state index contributed by atoms with van der Waals surface area (Å²) >= 11 is 0. The van der Waals surface area contributed by atoms with Crippen LogP contribution >= 0.6 is 0 Å². The molecule has 0 heterocycles. The number of ether oxygens (including phenoxy) is 1. The molecule has 0 aromatic heterocycles. The Morgan fingerprint density at radius 2 is 1.80 bits per heavy atom. The molecule has 1 unspecified atom stereocenters. The third kappa shape index (κ3) is 3.61. The van der Waals surface area contributed by atoms with Gasteiger partial charge in [0.1, 0.15) is 12.4 Å². The molecule has 0 spiro atoms. The fourth-order valence-electron chi connectivity index (χ4n) is 2.24. The summed E-state index contributed by atoms with van der Waals surface area (Å²) in [5, 5.41) is 0. The van der Waals surface area contributed by atoms with Crippen molar-refractivity contribution in [3.63, 3.8) is 0 Å². The Bertz CT molecular complexity index is 563. The molecule has 20 heavy (non-hydrogen) atoms. The third-order valence-corrected chi connectivity index (χ3v) is 3.54. The molecular formula is C18H23NO. The first kappa shape index (κ1) is 14.6. The summed E-state index contributed by atoms with van der Waals surface area (Å²) in [7, 11) is 0. The van der Waals surface area contributed by atoms with Crippen molar-refractivity contribution in [3.05, 3.63) is 65.2 Å². The molecule has 0 amide bonds. The molecule has 1 atom stereocenters. The zero-order chi connectivity index (χ0) is 14.5. The minimum Gasteiger partial charge on any atom is -0.492 e. The predicted octanol–water partition coefficient (Wildman–Crippen LogP) is 4.20. The summed E-state index contributed by atoms with van der Waals surface area (Å²) in [4.78, 5) is 0. The van der Waals surface area contributed by atoms with Gasteiger partial charge in [-0.1, -0.05) is 50.2 Å². The van der Waals surface area contributed by atoms with Crippen molar-refractivity contribution in [1.29, 1.82) is 0 Å². The molecule has 2 aromatic rings. The lowest BCUT2D eigenvalue weighted by atomic mass is 10.0. The summed E-state index contributed by atoms with van der Waals surface area (Å²) in [5.74, 6) is 1.39. The number of benzene rings is 2. The van der Waals surface area contributed by atoms with E-state index in [4.69, 9.17) is 10.5 Å². The zero-order valence-corrected chi connectivity index (χ0v) is 12.5. The molecule has 2 nitrogen and oxygen atoms in total. The smallest absolute Gasteiger partial charge is 0.119 e. The van der Waals surface area contributed by atoms with Crippen molar-refractivity contribution in [2.75, 3.05) is 6.61 Å². The summed E-state index contributed by atoms with van der Waals surface area (Å²) in [6.07, 6.45) is 0. The molecule has 2 aromatic carbocycles. The van der Waals surface area contributed by atoms with Gasteiger partial charge >= 0.3 is 0 Å². The van der Waals surface area contributed by atoms with Crippen LogP contribution in [-0.2, 0) is 0 Å². The molecule has 2 rings (SSSR count). The normalized spacial score (nSPS) is 12.4. The monoisotopic (exact) mass is 269 g/mol. The van der Waals surface area contributed by atoms with E-state index in [0.29, 0.717) is 12.5 Å². The van der Waals surface area contributed by atoms with Crippen LogP contribution in [0.2, 0.25) is 0 Å². The van der Waals surface area contributed by atoms with E-state index in [-0.39, 0.29) is 6.04 Å². The van der Waals surface area contributed by atoms with E-state index in [0.717, 1.165) is 11.3 Å². The lowest BCUT2D eigenvalue weighted by Gasteiger charge is -2.16. The maximum atomic E-state index is 6.22. The van der Waals surface area contributed by atoms with Crippen molar-refractivity contribution in [2.24, 2.45) is 5.73 Å². The Hall–Kier alpha value is -1.80. The van der Waals surface area contributed by atoms with Gasteiger partial charge in [-0.15, -0.1) is 0 Å². The first-order valence-corrected chi connectivity index (χ1v) is 7.12. The van der Waals surface area contributed by atoms with Crippen LogP contribution < -0.4 is 10.5 Å². The Kier molecular flexibility index (Phi) is 4.80. The highest BCUT2D eigenvalue weighted by Gasteiger charge is 2.09. The minimum atomic E-state index is -0.0982. The van der Waals surface area contributed by atoms with E-state index in [1.54, 1.807) is 0 Å². The van der Waals surface area contributed by atoms with Gasteiger partial charge in [0.2, 0.25) is 0 Å². The highest BCUT2D eigenvalue weighted by atomic mass is 16.5. The number of rotatable bonds is 5. The van der Waals surface area contributed by atoms with Gasteiger partial charge < -0.3 is 10.5 Å². The minimum absolute atomic E-state index is 0.0982. The molecule has 0 aliphatic heterocycles. The van der Waals surface area contributed by atoms with Crippen LogP contribution in [-0.4, -0.2) is 6.61 Å². The van der Waals surface area contributed by atoms with Crippen LogP contribution in [0.5, 0.6) is 5.75 Å². The maximum Gasteiger partial charge on any atom is 0.119 e. The average Bonchev–Trinajstić information content (AvgIpc) is 2.45. The summed E-state index contributed by atoms with van der Waals surface area (Å²) in [6, 6.07) is 16.3. The second-order valence-corrected chi connectivity index (χ2v) is 5.50. The van der Waals surface area contributed by atoms with Crippen LogP contribution in [0.15, 0.2) is 48.5 Å². The molecular weight excluding hydrogens is 246 g/mol. The molecule has 0 saturated carbocycles. The van der Waals surface area contributed by atoms with E-state index in [1.807, 2.05) is 24.3 Å². The largest absolute Gasteiger partial charge is 0.492 e. The molecule has 2 heteroatoms. The highest BCUT2D eigenvalue weighted by molar-refractivity contribution is 5.31. The fraction of sp³-hybridized carbons (Fsp3) is 0.333. The molecule has 0 aliphatic carbocycles. The molecule has 106 valence electrons. The van der Waals surface area contributed by atoms with E-state index >= 15 is 0 Å². The lowest BCUT2D eigenvalue weighted by Crippen LogP contribution is -2.20. The van der Waals surface area contributed by atoms with Gasteiger partial charge in [-0.3, -0.25) is 0 Å². The van der Waals surface area contributed by atoms with Crippen LogP contribution in [0.1, 0.15) is 42.5 Å². The molecule has 0 bridgehead atoms. The van der Waals surface area contributed by atoms with Crippen LogP contribution in [0.4, 0.5) is 0 Å². The van der Waals surface area contributed by atoms with Gasteiger partial charge in [-0.25, -0.2) is 0 Å². The summed E-state index contributed by atoms with van der Waals surface area (Å²) in [6.45, 7) is 6.93. The van der Waals surface area contributed by atoms with Gasteiger partial charge in [0, 0.05) is 0 Å². The van der Waals surface area contributed by atoms with Crippen molar-refractivity contribution in [3.8, 4) is 5.75 Å². The van der Waals surface area contributed by atoms with Crippen LogP contribution in [0, 0.1) is 6.92 Å². The Balaban J connectivity index is 2.02. The standard InChI is InChI=1S/C18H23NO/c1-13(2)15-8-6-9-16(11-15)20-12-18(19)17-10-5-4-7-14(17)3/h4-11,13,18H,12,19H2,1-3H3. The molecule has 0 fully saturated rings. The number of hydrogen-bond donors (Lipinski definition) is 1. The van der Waals surface area contributed by atoms with E-state index in [2.05, 4.69) is 45.0 Å². The van der Waals surface area contributed by atoms with Crippen molar-refractivity contribution in [2.45, 2.75) is 32.7 Å². The first-order chi connectivity index (χ1) is 9.58. The Labute approximate surface area is 121 Å². The SMILES string of the molecule is Cc1ccccc1C(N)COc1cccc(C(C)C)c1. The van der Waals surface area contributed by atoms with Crippen molar-refractivity contribution in [1.82, 2.24) is 0 Å². The van der Waals surface area contributed by atoms with E-state index in [1.165, 1.54) is 11.1 Å². The van der Waals surface area contributed by atoms with Crippen LogP contribution in [0.25, 0.3) is 0 Å². The number of nitrogens with two attached hydrogens (primary N) is 1. The van der Waals surface area contributed by atoms with Crippen molar-refractivity contribution < 1.29 is 4.74 Å². The summed E-state index contributed by atoms with van der Waals surface area (Å²) in [5.41, 5.74) is 9.85.